The summed E-state index contributed by atoms with van der Waals surface area (Å²) in [6.45, 7) is 8.70. The van der Waals surface area contributed by atoms with Gasteiger partial charge >= 0.3 is 5.97 Å². The highest BCUT2D eigenvalue weighted by molar-refractivity contribution is 5.93. The van der Waals surface area contributed by atoms with Gasteiger partial charge in [-0.25, -0.2) is 0 Å². The molecular formula is C21H28N2O4. The van der Waals surface area contributed by atoms with E-state index in [4.69, 9.17) is 4.74 Å². The van der Waals surface area contributed by atoms with Gasteiger partial charge in [-0.05, 0) is 44.4 Å². The van der Waals surface area contributed by atoms with Crippen LogP contribution in [0.5, 0.6) is 0 Å². The fourth-order valence-corrected chi connectivity index (χ4v) is 3.38. The summed E-state index contributed by atoms with van der Waals surface area (Å²) >= 11 is 0. The number of rotatable bonds is 7. The summed E-state index contributed by atoms with van der Waals surface area (Å²) in [7, 11) is 0. The van der Waals surface area contributed by atoms with Gasteiger partial charge in [-0.15, -0.1) is 0 Å². The van der Waals surface area contributed by atoms with E-state index in [1.807, 2.05) is 38.1 Å². The topological polar surface area (TPSA) is 68.6 Å². The van der Waals surface area contributed by atoms with Crippen molar-refractivity contribution in [2.45, 2.75) is 59.6 Å². The molecular weight excluding hydrogens is 344 g/mol. The fraction of sp³-hybridized carbons (Fsp3) is 0.476. The first-order valence-electron chi connectivity index (χ1n) is 9.25. The van der Waals surface area contributed by atoms with Crippen molar-refractivity contribution in [3.8, 4) is 0 Å². The van der Waals surface area contributed by atoms with Crippen LogP contribution < -0.4 is 0 Å². The monoisotopic (exact) mass is 372 g/mol. The molecule has 1 unspecified atom stereocenters. The van der Waals surface area contributed by atoms with Gasteiger partial charge in [0.15, 0.2) is 0 Å². The van der Waals surface area contributed by atoms with Crippen LogP contribution in [-0.4, -0.2) is 45.9 Å². The lowest BCUT2D eigenvalue weighted by Crippen LogP contribution is -2.42. The molecule has 1 aromatic carbocycles. The van der Waals surface area contributed by atoms with Crippen LogP contribution in [0.2, 0.25) is 0 Å². The predicted molar refractivity (Wildman–Crippen MR) is 105 cm³/mol. The van der Waals surface area contributed by atoms with E-state index in [0.29, 0.717) is 19.4 Å². The van der Waals surface area contributed by atoms with Gasteiger partial charge in [-0.3, -0.25) is 19.0 Å². The Balaban J connectivity index is 2.19. The first kappa shape index (κ1) is 20.7. The van der Waals surface area contributed by atoms with Crippen LogP contribution in [0.1, 0.15) is 51.4 Å². The van der Waals surface area contributed by atoms with Gasteiger partial charge in [0.2, 0.25) is 11.8 Å². The van der Waals surface area contributed by atoms with E-state index >= 15 is 0 Å². The zero-order chi connectivity index (χ0) is 20.1. The van der Waals surface area contributed by atoms with E-state index < -0.39 is 0 Å². The van der Waals surface area contributed by atoms with Gasteiger partial charge < -0.3 is 9.64 Å². The highest BCUT2D eigenvalue weighted by Crippen LogP contribution is 2.22. The maximum atomic E-state index is 11.9. The Morgan fingerprint density at radius 3 is 2.37 bits per heavy atom. The second-order valence-electron chi connectivity index (χ2n) is 7.09. The van der Waals surface area contributed by atoms with Crippen LogP contribution in [0.15, 0.2) is 30.5 Å². The molecule has 0 N–H and O–H groups in total. The number of aromatic nitrogens is 1. The van der Waals surface area contributed by atoms with Gasteiger partial charge in [-0.2, -0.15) is 0 Å². The molecule has 27 heavy (non-hydrogen) atoms. The Labute approximate surface area is 160 Å². The molecule has 1 amide bonds. The lowest BCUT2D eigenvalue weighted by Gasteiger charge is -2.29. The van der Waals surface area contributed by atoms with Crippen molar-refractivity contribution in [2.75, 3.05) is 6.54 Å². The molecule has 146 valence electrons. The number of amides is 1. The van der Waals surface area contributed by atoms with Gasteiger partial charge in [0, 0.05) is 38.4 Å². The fourth-order valence-electron chi connectivity index (χ4n) is 3.38. The molecule has 6 nitrogen and oxygen atoms in total. The summed E-state index contributed by atoms with van der Waals surface area (Å²) in [5.41, 5.74) is 1.96. The Morgan fingerprint density at radius 1 is 1.11 bits per heavy atom. The molecule has 2 rings (SSSR count). The molecule has 2 aromatic rings. The van der Waals surface area contributed by atoms with Crippen LogP contribution in [-0.2, 0) is 20.7 Å². The Morgan fingerprint density at radius 2 is 1.81 bits per heavy atom. The number of benzene rings is 1. The molecule has 0 radical (unpaired) electrons. The molecule has 0 aliphatic heterocycles. The number of esters is 1. The zero-order valence-electron chi connectivity index (χ0n) is 16.7. The highest BCUT2D eigenvalue weighted by Gasteiger charge is 2.21. The third kappa shape index (κ3) is 5.18. The first-order chi connectivity index (χ1) is 12.7. The SMILES string of the molecule is CC(=O)OC(CCc1cccc2c1ccn2C(C)=O)CN(C(C)=O)C(C)C. The van der Waals surface area contributed by atoms with E-state index in [-0.39, 0.29) is 29.9 Å². The largest absolute Gasteiger partial charge is 0.461 e. The first-order valence-corrected chi connectivity index (χ1v) is 9.25. The number of carbonyl (C=O) groups excluding carboxylic acids is 3. The maximum absolute atomic E-state index is 11.9. The third-order valence-electron chi connectivity index (χ3n) is 4.66. The van der Waals surface area contributed by atoms with E-state index in [1.54, 1.807) is 15.7 Å². The molecule has 6 heteroatoms. The van der Waals surface area contributed by atoms with Crippen LogP contribution in [0.25, 0.3) is 10.9 Å². The number of ether oxygens (including phenoxy) is 1. The molecule has 0 saturated heterocycles. The summed E-state index contributed by atoms with van der Waals surface area (Å²) in [6, 6.07) is 7.83. The number of aryl methyl sites for hydroxylation is 1. The van der Waals surface area contributed by atoms with Gasteiger partial charge in [-0.1, -0.05) is 12.1 Å². The minimum Gasteiger partial charge on any atom is -0.461 e. The van der Waals surface area contributed by atoms with Crippen molar-refractivity contribution in [3.05, 3.63) is 36.0 Å². The smallest absolute Gasteiger partial charge is 0.302 e. The van der Waals surface area contributed by atoms with Crippen LogP contribution in [0.4, 0.5) is 0 Å². The van der Waals surface area contributed by atoms with Crippen molar-refractivity contribution in [2.24, 2.45) is 0 Å². The van der Waals surface area contributed by atoms with Crippen LogP contribution >= 0.6 is 0 Å². The Hall–Kier alpha value is -2.63. The van der Waals surface area contributed by atoms with E-state index in [0.717, 1.165) is 16.5 Å². The average Bonchev–Trinajstić information content (AvgIpc) is 3.00. The van der Waals surface area contributed by atoms with Crippen molar-refractivity contribution in [1.29, 1.82) is 0 Å². The van der Waals surface area contributed by atoms with E-state index in [9.17, 15) is 14.4 Å². The summed E-state index contributed by atoms with van der Waals surface area (Å²) in [5.74, 6) is -0.426. The molecule has 0 aliphatic rings. The maximum Gasteiger partial charge on any atom is 0.302 e. The quantitative estimate of drug-likeness (QED) is 0.699. The molecule has 1 heterocycles. The van der Waals surface area contributed by atoms with Gasteiger partial charge in [0.1, 0.15) is 6.10 Å². The van der Waals surface area contributed by atoms with Crippen molar-refractivity contribution in [3.63, 3.8) is 0 Å². The van der Waals surface area contributed by atoms with Gasteiger partial charge in [0.05, 0.1) is 12.1 Å². The summed E-state index contributed by atoms with van der Waals surface area (Å²) in [5, 5.41) is 1.02. The molecule has 0 spiro atoms. The van der Waals surface area contributed by atoms with Crippen LogP contribution in [0.3, 0.4) is 0 Å². The summed E-state index contributed by atoms with van der Waals surface area (Å²) in [4.78, 5) is 36.8. The van der Waals surface area contributed by atoms with Crippen molar-refractivity contribution in [1.82, 2.24) is 9.47 Å². The molecule has 0 fully saturated rings. The van der Waals surface area contributed by atoms with Crippen molar-refractivity contribution < 1.29 is 19.1 Å². The van der Waals surface area contributed by atoms with Gasteiger partial charge in [0.25, 0.3) is 0 Å². The number of hydrogen-bond acceptors (Lipinski definition) is 4. The Kier molecular flexibility index (Phi) is 6.77. The summed E-state index contributed by atoms with van der Waals surface area (Å²) < 4.78 is 7.09. The number of fused-ring (bicyclic) bond motifs is 1. The minimum absolute atomic E-state index is 0.0334. The molecule has 1 atom stereocenters. The second-order valence-corrected chi connectivity index (χ2v) is 7.09. The lowest BCUT2D eigenvalue weighted by atomic mass is 10.0. The Bertz CT molecular complexity index is 838. The van der Waals surface area contributed by atoms with E-state index in [1.165, 1.54) is 20.8 Å². The number of hydrogen-bond donors (Lipinski definition) is 0. The molecule has 0 saturated carbocycles. The zero-order valence-corrected chi connectivity index (χ0v) is 16.7. The van der Waals surface area contributed by atoms with E-state index in [2.05, 4.69) is 0 Å². The number of carbonyl (C=O) groups is 3. The molecule has 0 aliphatic carbocycles. The van der Waals surface area contributed by atoms with Crippen molar-refractivity contribution >= 4 is 28.7 Å². The highest BCUT2D eigenvalue weighted by atomic mass is 16.5. The summed E-state index contributed by atoms with van der Waals surface area (Å²) in [6.07, 6.45) is 2.68. The third-order valence-corrected chi connectivity index (χ3v) is 4.66. The predicted octanol–water partition coefficient (Wildman–Crippen LogP) is 3.42. The normalized spacial score (nSPS) is 12.2. The molecule has 1 aromatic heterocycles. The minimum atomic E-state index is -0.376. The van der Waals surface area contributed by atoms with Crippen LogP contribution in [0, 0.1) is 0 Å². The number of nitrogens with zero attached hydrogens (tertiary/aromatic N) is 2. The standard InChI is InChI=1S/C21H28N2O4/c1-14(2)23(16(4)25)13-19(27-17(5)26)10-9-18-7-6-8-21-20(18)11-12-22(21)15(3)24/h6-8,11-12,14,19H,9-10,13H2,1-5H3. The average molecular weight is 372 g/mol. The lowest BCUT2D eigenvalue weighted by molar-refractivity contribution is -0.150. The molecule has 0 bridgehead atoms. The second kappa shape index (κ2) is 8.84.